The Morgan fingerprint density at radius 1 is 1.09 bits per heavy atom. The van der Waals surface area contributed by atoms with E-state index in [4.69, 9.17) is 17.3 Å². The van der Waals surface area contributed by atoms with Gasteiger partial charge in [0.15, 0.2) is 0 Å². The molecule has 0 radical (unpaired) electrons. The largest absolute Gasteiger partial charge is 0.383 e. The number of pyridine rings is 1. The summed E-state index contributed by atoms with van der Waals surface area (Å²) in [5.74, 6) is 0.191. The molecule has 2 heterocycles. The Balaban J connectivity index is 1.56. The summed E-state index contributed by atoms with van der Waals surface area (Å²) < 4.78 is 0.793. The van der Waals surface area contributed by atoms with Crippen molar-refractivity contribution in [2.45, 2.75) is 6.92 Å². The van der Waals surface area contributed by atoms with Crippen molar-refractivity contribution >= 4 is 62.2 Å². The fourth-order valence-electron chi connectivity index (χ4n) is 3.29. The molecule has 0 saturated heterocycles. The molecule has 5 N–H and O–H groups in total. The first kappa shape index (κ1) is 21.6. The molecule has 162 valence electrons. The monoisotopic (exact) mass is 465 g/mol. The van der Waals surface area contributed by atoms with Crippen molar-refractivity contribution in [2.24, 2.45) is 0 Å². The first-order valence-electron chi connectivity index (χ1n) is 9.84. The number of urea groups is 1. The molecule has 2 aromatic heterocycles. The second-order valence-corrected chi connectivity index (χ2v) is 8.25. The summed E-state index contributed by atoms with van der Waals surface area (Å²) in [4.78, 5) is 28.8. The number of nitrogen functional groups attached to an aromatic ring is 1. The van der Waals surface area contributed by atoms with Gasteiger partial charge in [0.25, 0.3) is 5.91 Å². The molecule has 9 heteroatoms. The predicted octanol–water partition coefficient (Wildman–Crippen LogP) is 5.59. The highest BCUT2D eigenvalue weighted by molar-refractivity contribution is 7.18. The molecule has 0 spiro atoms. The molecule has 3 amide bonds. The van der Waals surface area contributed by atoms with Crippen molar-refractivity contribution in [3.63, 3.8) is 0 Å². The number of nitrogens with two attached hydrogens (primary N) is 1. The topological polar surface area (TPSA) is 109 Å². The van der Waals surface area contributed by atoms with Crippen LogP contribution in [0.15, 0.2) is 60.1 Å². The van der Waals surface area contributed by atoms with Crippen LogP contribution in [0.1, 0.15) is 17.3 Å². The van der Waals surface area contributed by atoms with Crippen molar-refractivity contribution < 1.29 is 9.59 Å². The van der Waals surface area contributed by atoms with Gasteiger partial charge in [0, 0.05) is 40.1 Å². The third-order valence-corrected chi connectivity index (χ3v) is 5.99. The summed E-state index contributed by atoms with van der Waals surface area (Å²) in [5, 5.41) is 11.6. The van der Waals surface area contributed by atoms with E-state index in [-0.39, 0.29) is 11.9 Å². The van der Waals surface area contributed by atoms with E-state index in [0.717, 1.165) is 21.2 Å². The summed E-state index contributed by atoms with van der Waals surface area (Å²) in [6.07, 6.45) is 1.51. The minimum Gasteiger partial charge on any atom is -0.383 e. The third kappa shape index (κ3) is 4.51. The molecule has 0 fully saturated rings. The number of fused-ring (bicyclic) bond motifs is 1. The molecule has 2 aromatic carbocycles. The molecule has 0 aliphatic carbocycles. The zero-order chi connectivity index (χ0) is 22.7. The number of benzene rings is 2. The highest BCUT2D eigenvalue weighted by Gasteiger charge is 2.18. The second-order valence-electron chi connectivity index (χ2n) is 6.94. The molecule has 32 heavy (non-hydrogen) atoms. The molecule has 7 nitrogen and oxygen atoms in total. The number of amides is 3. The summed E-state index contributed by atoms with van der Waals surface area (Å²) in [5.41, 5.74) is 9.67. The zero-order valence-corrected chi connectivity index (χ0v) is 18.7. The van der Waals surface area contributed by atoms with Crippen LogP contribution in [0, 0.1) is 0 Å². The van der Waals surface area contributed by atoms with Crippen LogP contribution >= 0.6 is 22.9 Å². The fourth-order valence-corrected chi connectivity index (χ4v) is 4.58. The van der Waals surface area contributed by atoms with Gasteiger partial charge < -0.3 is 21.7 Å². The predicted molar refractivity (Wildman–Crippen MR) is 132 cm³/mol. The van der Waals surface area contributed by atoms with Gasteiger partial charge in [0.1, 0.15) is 5.82 Å². The van der Waals surface area contributed by atoms with Gasteiger partial charge in [-0.15, -0.1) is 11.3 Å². The van der Waals surface area contributed by atoms with Crippen molar-refractivity contribution in [3.05, 3.63) is 70.7 Å². The van der Waals surface area contributed by atoms with E-state index in [1.54, 1.807) is 36.4 Å². The minimum atomic E-state index is -0.374. The highest BCUT2D eigenvalue weighted by atomic mass is 35.5. The maximum Gasteiger partial charge on any atom is 0.323 e. The van der Waals surface area contributed by atoms with Crippen molar-refractivity contribution in [2.75, 3.05) is 22.9 Å². The number of carbonyl (C=O) groups is 2. The molecule has 0 bridgehead atoms. The molecule has 0 aliphatic heterocycles. The normalized spacial score (nSPS) is 10.7. The SMILES string of the molecule is CCNC(=O)c1cnc(N)c2c(-c3ccc(NC(=O)Nc4cccc(Cl)c4)cc3)csc12. The lowest BCUT2D eigenvalue weighted by Gasteiger charge is -2.09. The summed E-state index contributed by atoms with van der Waals surface area (Å²) in [6, 6.07) is 13.9. The molecule has 0 unspecified atom stereocenters. The molecular weight excluding hydrogens is 446 g/mol. The Kier molecular flexibility index (Phi) is 6.25. The van der Waals surface area contributed by atoms with Gasteiger partial charge in [-0.2, -0.15) is 0 Å². The smallest absolute Gasteiger partial charge is 0.323 e. The number of aromatic nitrogens is 1. The molecule has 0 saturated carbocycles. The molecule has 0 atom stereocenters. The number of thiophene rings is 1. The quantitative estimate of drug-likeness (QED) is 0.308. The Hall–Kier alpha value is -3.62. The average molecular weight is 466 g/mol. The number of hydrogen-bond donors (Lipinski definition) is 4. The van der Waals surface area contributed by atoms with Crippen LogP contribution in [-0.4, -0.2) is 23.5 Å². The summed E-state index contributed by atoms with van der Waals surface area (Å²) in [6.45, 7) is 2.40. The van der Waals surface area contributed by atoms with Gasteiger partial charge in [-0.1, -0.05) is 29.8 Å². The van der Waals surface area contributed by atoms with Crippen molar-refractivity contribution in [3.8, 4) is 11.1 Å². The van der Waals surface area contributed by atoms with E-state index in [0.29, 0.717) is 34.3 Å². The fraction of sp³-hybridized carbons (Fsp3) is 0.0870. The minimum absolute atomic E-state index is 0.177. The van der Waals surface area contributed by atoms with Crippen LogP contribution in [0.2, 0.25) is 5.02 Å². The Morgan fingerprint density at radius 3 is 2.56 bits per heavy atom. The van der Waals surface area contributed by atoms with Gasteiger partial charge >= 0.3 is 6.03 Å². The Bertz CT molecular complexity index is 1300. The molecule has 0 aliphatic rings. The summed E-state index contributed by atoms with van der Waals surface area (Å²) in [7, 11) is 0. The van der Waals surface area contributed by atoms with E-state index in [2.05, 4.69) is 20.9 Å². The number of nitrogens with zero attached hydrogens (tertiary/aromatic N) is 1. The van der Waals surface area contributed by atoms with Gasteiger partial charge in [0.05, 0.1) is 10.3 Å². The number of halogens is 1. The zero-order valence-electron chi connectivity index (χ0n) is 17.1. The van der Waals surface area contributed by atoms with Crippen molar-refractivity contribution in [1.29, 1.82) is 0 Å². The first-order chi connectivity index (χ1) is 15.5. The average Bonchev–Trinajstić information content (AvgIpc) is 3.21. The van der Waals surface area contributed by atoms with E-state index in [1.807, 2.05) is 24.4 Å². The van der Waals surface area contributed by atoms with Gasteiger partial charge in [-0.3, -0.25) is 4.79 Å². The first-order valence-corrected chi connectivity index (χ1v) is 11.1. The summed E-state index contributed by atoms with van der Waals surface area (Å²) >= 11 is 7.39. The van der Waals surface area contributed by atoms with Crippen LogP contribution in [0.4, 0.5) is 22.0 Å². The lowest BCUT2D eigenvalue weighted by atomic mass is 10.0. The number of nitrogens with one attached hydrogen (secondary N) is 3. The maximum absolute atomic E-state index is 12.4. The van der Waals surface area contributed by atoms with E-state index in [9.17, 15) is 9.59 Å². The molecule has 4 aromatic rings. The lowest BCUT2D eigenvalue weighted by Crippen LogP contribution is -2.23. The van der Waals surface area contributed by atoms with Gasteiger partial charge in [-0.05, 0) is 48.2 Å². The van der Waals surface area contributed by atoms with Gasteiger partial charge in [0.2, 0.25) is 0 Å². The lowest BCUT2D eigenvalue weighted by molar-refractivity contribution is 0.0957. The van der Waals surface area contributed by atoms with Crippen LogP contribution in [0.25, 0.3) is 21.2 Å². The Labute approximate surface area is 193 Å². The number of hydrogen-bond acceptors (Lipinski definition) is 5. The van der Waals surface area contributed by atoms with E-state index < -0.39 is 0 Å². The number of carbonyl (C=O) groups excluding carboxylic acids is 2. The molecule has 4 rings (SSSR count). The highest BCUT2D eigenvalue weighted by Crippen LogP contribution is 2.38. The second kappa shape index (κ2) is 9.25. The Morgan fingerprint density at radius 2 is 1.84 bits per heavy atom. The van der Waals surface area contributed by atoms with E-state index in [1.165, 1.54) is 17.5 Å². The van der Waals surface area contributed by atoms with Crippen LogP contribution in [0.5, 0.6) is 0 Å². The van der Waals surface area contributed by atoms with E-state index >= 15 is 0 Å². The standard InChI is InChI=1S/C23H20ClN5O2S/c1-2-26-22(30)17-11-27-21(25)19-18(12-32-20(17)19)13-6-8-15(9-7-13)28-23(31)29-16-5-3-4-14(24)10-16/h3-12H,2H2,1H3,(H2,25,27)(H,26,30)(H2,28,29,31). The number of rotatable bonds is 5. The maximum atomic E-state index is 12.4. The number of anilines is 3. The van der Waals surface area contributed by atoms with Crippen LogP contribution < -0.4 is 21.7 Å². The van der Waals surface area contributed by atoms with Crippen LogP contribution in [0.3, 0.4) is 0 Å². The van der Waals surface area contributed by atoms with Crippen molar-refractivity contribution in [1.82, 2.24) is 10.3 Å². The third-order valence-electron chi connectivity index (χ3n) is 4.74. The van der Waals surface area contributed by atoms with Gasteiger partial charge in [-0.25, -0.2) is 9.78 Å². The molecular formula is C23H20ClN5O2S. The van der Waals surface area contributed by atoms with Crippen LogP contribution in [-0.2, 0) is 0 Å².